The van der Waals surface area contributed by atoms with Gasteiger partial charge in [-0.25, -0.2) is 0 Å². The van der Waals surface area contributed by atoms with Crippen LogP contribution >= 0.6 is 12.4 Å². The molecule has 0 saturated carbocycles. The molecule has 2 aromatic rings. The van der Waals surface area contributed by atoms with Crippen molar-refractivity contribution in [2.24, 2.45) is 11.7 Å². The van der Waals surface area contributed by atoms with Gasteiger partial charge in [-0.3, -0.25) is 0 Å². The van der Waals surface area contributed by atoms with Crippen molar-refractivity contribution < 1.29 is 5.11 Å². The lowest BCUT2D eigenvalue weighted by molar-refractivity contribution is 0.0984. The van der Waals surface area contributed by atoms with E-state index >= 15 is 0 Å². The number of benzene rings is 2. The lowest BCUT2D eigenvalue weighted by atomic mass is 9.90. The molecule has 2 rings (SSSR count). The van der Waals surface area contributed by atoms with E-state index in [-0.39, 0.29) is 24.4 Å². The van der Waals surface area contributed by atoms with E-state index in [2.05, 4.69) is 25.1 Å². The van der Waals surface area contributed by atoms with Crippen molar-refractivity contribution >= 4 is 23.2 Å². The Kier molecular flexibility index (Phi) is 5.36. The van der Waals surface area contributed by atoms with Crippen LogP contribution in [0.3, 0.4) is 0 Å². The van der Waals surface area contributed by atoms with Gasteiger partial charge in [0.2, 0.25) is 0 Å². The second-order valence-electron chi connectivity index (χ2n) is 5.28. The van der Waals surface area contributed by atoms with E-state index in [0.717, 1.165) is 10.9 Å². The van der Waals surface area contributed by atoms with Crippen molar-refractivity contribution in [1.82, 2.24) is 0 Å². The molecule has 0 spiro atoms. The first-order chi connectivity index (χ1) is 8.52. The topological polar surface area (TPSA) is 46.2 Å². The van der Waals surface area contributed by atoms with Crippen LogP contribution in [0.1, 0.15) is 31.0 Å². The van der Waals surface area contributed by atoms with E-state index in [1.165, 1.54) is 10.9 Å². The largest absolute Gasteiger partial charge is 0.391 e. The molecule has 3 N–H and O–H groups in total. The van der Waals surface area contributed by atoms with Gasteiger partial charge in [0.1, 0.15) is 0 Å². The zero-order valence-corrected chi connectivity index (χ0v) is 12.4. The molecule has 0 bridgehead atoms. The monoisotopic (exact) mass is 279 g/mol. The van der Waals surface area contributed by atoms with E-state index in [9.17, 15) is 5.11 Å². The van der Waals surface area contributed by atoms with Crippen LogP contribution in [-0.2, 0) is 0 Å². The Labute approximate surface area is 121 Å². The Morgan fingerprint density at radius 2 is 1.58 bits per heavy atom. The SMILES string of the molecule is Cc1ccc([C@@H](N)[C@@H](O)C(C)C)c2ccccc12.Cl. The van der Waals surface area contributed by atoms with Gasteiger partial charge in [0.15, 0.2) is 0 Å². The lowest BCUT2D eigenvalue weighted by Gasteiger charge is -2.24. The molecule has 0 heterocycles. The third-order valence-electron chi connectivity index (χ3n) is 3.59. The van der Waals surface area contributed by atoms with Crippen molar-refractivity contribution in [3.8, 4) is 0 Å². The van der Waals surface area contributed by atoms with Crippen molar-refractivity contribution in [1.29, 1.82) is 0 Å². The molecule has 0 aliphatic carbocycles. The molecule has 0 aliphatic rings. The second kappa shape index (κ2) is 6.38. The molecule has 104 valence electrons. The first-order valence-corrected chi connectivity index (χ1v) is 6.44. The van der Waals surface area contributed by atoms with Gasteiger partial charge >= 0.3 is 0 Å². The van der Waals surface area contributed by atoms with Gasteiger partial charge in [0.05, 0.1) is 12.1 Å². The molecule has 0 radical (unpaired) electrons. The van der Waals surface area contributed by atoms with Crippen LogP contribution < -0.4 is 5.73 Å². The molecule has 19 heavy (non-hydrogen) atoms. The highest BCUT2D eigenvalue weighted by Gasteiger charge is 2.21. The maximum atomic E-state index is 10.2. The summed E-state index contributed by atoms with van der Waals surface area (Å²) in [5, 5.41) is 12.5. The minimum atomic E-state index is -0.517. The van der Waals surface area contributed by atoms with Crippen LogP contribution in [0.4, 0.5) is 0 Å². The zero-order valence-electron chi connectivity index (χ0n) is 11.6. The van der Waals surface area contributed by atoms with Crippen molar-refractivity contribution in [2.75, 3.05) is 0 Å². The van der Waals surface area contributed by atoms with E-state index in [1.54, 1.807) is 0 Å². The highest BCUT2D eigenvalue weighted by Crippen LogP contribution is 2.29. The van der Waals surface area contributed by atoms with Crippen LogP contribution in [0.2, 0.25) is 0 Å². The normalized spacial score (nSPS) is 14.2. The Hall–Kier alpha value is -1.09. The number of hydrogen-bond acceptors (Lipinski definition) is 2. The van der Waals surface area contributed by atoms with Crippen LogP contribution in [-0.4, -0.2) is 11.2 Å². The Bertz CT molecular complexity index is 553. The quantitative estimate of drug-likeness (QED) is 0.902. The van der Waals surface area contributed by atoms with Gasteiger partial charge in [-0.1, -0.05) is 50.2 Å². The summed E-state index contributed by atoms with van der Waals surface area (Å²) in [4.78, 5) is 0. The average Bonchev–Trinajstić information content (AvgIpc) is 2.38. The smallest absolute Gasteiger partial charge is 0.0755 e. The molecule has 0 unspecified atom stereocenters. The van der Waals surface area contributed by atoms with Crippen LogP contribution in [0.15, 0.2) is 36.4 Å². The predicted molar refractivity (Wildman–Crippen MR) is 83.7 cm³/mol. The molecule has 2 aromatic carbocycles. The highest BCUT2D eigenvalue weighted by atomic mass is 35.5. The summed E-state index contributed by atoms with van der Waals surface area (Å²) in [5.74, 6) is 0.153. The zero-order chi connectivity index (χ0) is 13.3. The predicted octanol–water partition coefficient (Wildman–Crippen LogP) is 3.59. The minimum absolute atomic E-state index is 0. The number of nitrogens with two attached hydrogens (primary N) is 1. The Morgan fingerprint density at radius 1 is 1.00 bits per heavy atom. The van der Waals surface area contributed by atoms with Gasteiger partial charge in [-0.2, -0.15) is 0 Å². The number of hydrogen-bond donors (Lipinski definition) is 2. The van der Waals surface area contributed by atoms with E-state index in [4.69, 9.17) is 5.73 Å². The van der Waals surface area contributed by atoms with Gasteiger partial charge in [0.25, 0.3) is 0 Å². The third kappa shape index (κ3) is 3.08. The number of aliphatic hydroxyl groups excluding tert-OH is 1. The van der Waals surface area contributed by atoms with Crippen LogP contribution in [0.5, 0.6) is 0 Å². The fourth-order valence-corrected chi connectivity index (χ4v) is 2.36. The van der Waals surface area contributed by atoms with Crippen molar-refractivity contribution in [2.45, 2.75) is 32.9 Å². The summed E-state index contributed by atoms with van der Waals surface area (Å²) in [6, 6.07) is 12.0. The molecule has 2 nitrogen and oxygen atoms in total. The standard InChI is InChI=1S/C16H21NO.ClH/c1-10(2)16(18)15(17)14-9-8-11(3)12-6-4-5-7-13(12)14;/h4-10,15-16,18H,17H2,1-3H3;1H/t15-,16+;/m1./s1. The minimum Gasteiger partial charge on any atom is -0.391 e. The molecular formula is C16H22ClNO. The number of fused-ring (bicyclic) bond motifs is 1. The lowest BCUT2D eigenvalue weighted by Crippen LogP contribution is -2.30. The van der Waals surface area contributed by atoms with Gasteiger partial charge < -0.3 is 10.8 Å². The van der Waals surface area contributed by atoms with Gasteiger partial charge in [0, 0.05) is 0 Å². The Balaban J connectivity index is 0.00000180. The molecule has 0 fully saturated rings. The van der Waals surface area contributed by atoms with Crippen molar-refractivity contribution in [3.05, 3.63) is 47.5 Å². The molecule has 0 aromatic heterocycles. The average molecular weight is 280 g/mol. The number of aliphatic hydroxyl groups is 1. The van der Waals surface area contributed by atoms with E-state index in [0.29, 0.717) is 0 Å². The molecule has 2 atom stereocenters. The maximum Gasteiger partial charge on any atom is 0.0755 e. The first-order valence-electron chi connectivity index (χ1n) is 6.44. The molecule has 0 saturated heterocycles. The second-order valence-corrected chi connectivity index (χ2v) is 5.28. The number of rotatable bonds is 3. The molecule has 0 amide bonds. The molecular weight excluding hydrogens is 258 g/mol. The summed E-state index contributed by atoms with van der Waals surface area (Å²) in [5.41, 5.74) is 8.47. The highest BCUT2D eigenvalue weighted by molar-refractivity contribution is 5.89. The third-order valence-corrected chi connectivity index (χ3v) is 3.59. The molecule has 3 heteroatoms. The van der Waals surface area contributed by atoms with Crippen LogP contribution in [0, 0.1) is 12.8 Å². The van der Waals surface area contributed by atoms with Gasteiger partial charge in [-0.15, -0.1) is 12.4 Å². The van der Waals surface area contributed by atoms with Crippen LogP contribution in [0.25, 0.3) is 10.8 Å². The fourth-order valence-electron chi connectivity index (χ4n) is 2.36. The van der Waals surface area contributed by atoms with E-state index < -0.39 is 6.10 Å². The summed E-state index contributed by atoms with van der Waals surface area (Å²) in [7, 11) is 0. The number of halogens is 1. The first kappa shape index (κ1) is 16.0. The summed E-state index contributed by atoms with van der Waals surface area (Å²) < 4.78 is 0. The molecule has 0 aliphatic heterocycles. The summed E-state index contributed by atoms with van der Waals surface area (Å²) in [6.45, 7) is 6.07. The summed E-state index contributed by atoms with van der Waals surface area (Å²) >= 11 is 0. The van der Waals surface area contributed by atoms with Gasteiger partial charge in [-0.05, 0) is 34.7 Å². The maximum absolute atomic E-state index is 10.2. The summed E-state index contributed by atoms with van der Waals surface area (Å²) in [6.07, 6.45) is -0.517. The van der Waals surface area contributed by atoms with E-state index in [1.807, 2.05) is 32.0 Å². The van der Waals surface area contributed by atoms with Crippen molar-refractivity contribution in [3.63, 3.8) is 0 Å². The Morgan fingerprint density at radius 3 is 2.16 bits per heavy atom. The fraction of sp³-hybridized carbons (Fsp3) is 0.375. The number of aryl methyl sites for hydroxylation is 1.